The second-order valence-corrected chi connectivity index (χ2v) is 4.89. The van der Waals surface area contributed by atoms with Gasteiger partial charge in [-0.05, 0) is 6.07 Å². The zero-order chi connectivity index (χ0) is 13.8. The van der Waals surface area contributed by atoms with E-state index in [-0.39, 0.29) is 24.4 Å². The van der Waals surface area contributed by atoms with E-state index in [0.717, 1.165) is 0 Å². The molecule has 2 rings (SSSR count). The zero-order valence-electron chi connectivity index (χ0n) is 10.2. The summed E-state index contributed by atoms with van der Waals surface area (Å²) in [5.41, 5.74) is 0.208. The number of amides is 1. The van der Waals surface area contributed by atoms with Crippen LogP contribution in [0.5, 0.6) is 0 Å². The van der Waals surface area contributed by atoms with Crippen LogP contribution in [0.2, 0.25) is 0 Å². The van der Waals surface area contributed by atoms with Gasteiger partial charge in [-0.25, -0.2) is 9.78 Å². The second-order valence-electron chi connectivity index (χ2n) is 3.89. The van der Waals surface area contributed by atoms with Gasteiger partial charge in [-0.3, -0.25) is 9.48 Å². The van der Waals surface area contributed by atoms with Crippen molar-refractivity contribution in [2.75, 3.05) is 0 Å². The van der Waals surface area contributed by atoms with Crippen molar-refractivity contribution in [3.05, 3.63) is 34.0 Å². The van der Waals surface area contributed by atoms with Crippen LogP contribution in [0, 0.1) is 0 Å². The molecule has 19 heavy (non-hydrogen) atoms. The highest BCUT2D eigenvalue weighted by molar-refractivity contribution is 7.10. The van der Waals surface area contributed by atoms with E-state index in [4.69, 9.17) is 5.11 Å². The highest BCUT2D eigenvalue weighted by atomic mass is 32.1. The van der Waals surface area contributed by atoms with Crippen molar-refractivity contribution in [1.82, 2.24) is 20.1 Å². The van der Waals surface area contributed by atoms with E-state index in [9.17, 15) is 9.59 Å². The number of rotatable bonds is 5. The molecule has 100 valence electrons. The first-order valence-electron chi connectivity index (χ1n) is 5.46. The molecule has 2 N–H and O–H groups in total. The minimum atomic E-state index is -0.986. The quantitative estimate of drug-likeness (QED) is 0.828. The average molecular weight is 280 g/mol. The fourth-order valence-electron chi connectivity index (χ4n) is 1.45. The Hall–Kier alpha value is -2.22. The summed E-state index contributed by atoms with van der Waals surface area (Å²) in [6.07, 6.45) is 1.71. The Morgan fingerprint density at radius 3 is 2.89 bits per heavy atom. The number of carbonyl (C=O) groups excluding carboxylic acids is 1. The fourth-order valence-corrected chi connectivity index (χ4v) is 2.31. The van der Waals surface area contributed by atoms with Gasteiger partial charge in [0.05, 0.1) is 18.5 Å². The van der Waals surface area contributed by atoms with Gasteiger partial charge < -0.3 is 10.4 Å². The molecule has 0 aromatic carbocycles. The van der Waals surface area contributed by atoms with Crippen LogP contribution < -0.4 is 5.32 Å². The van der Waals surface area contributed by atoms with Crippen molar-refractivity contribution in [1.29, 1.82) is 0 Å². The maximum absolute atomic E-state index is 11.7. The number of carbonyl (C=O) groups is 2. The number of aromatic nitrogens is 3. The normalized spacial score (nSPS) is 10.4. The summed E-state index contributed by atoms with van der Waals surface area (Å²) in [6, 6.07) is 1.51. The summed E-state index contributed by atoms with van der Waals surface area (Å²) in [7, 11) is 1.75. The summed E-state index contributed by atoms with van der Waals surface area (Å²) < 4.78 is 1.56. The molecule has 1 amide bonds. The van der Waals surface area contributed by atoms with Crippen molar-refractivity contribution in [2.24, 2.45) is 7.05 Å². The van der Waals surface area contributed by atoms with E-state index in [1.807, 2.05) is 0 Å². The van der Waals surface area contributed by atoms with Crippen LogP contribution in [0.3, 0.4) is 0 Å². The number of aromatic carboxylic acids is 1. The molecule has 0 saturated carbocycles. The molecule has 2 aromatic heterocycles. The lowest BCUT2D eigenvalue weighted by Gasteiger charge is -2.00. The maximum Gasteiger partial charge on any atom is 0.336 e. The Labute approximate surface area is 112 Å². The number of thiophene rings is 1. The minimum Gasteiger partial charge on any atom is -0.478 e. The highest BCUT2D eigenvalue weighted by Crippen LogP contribution is 2.15. The molecular weight excluding hydrogens is 268 g/mol. The van der Waals surface area contributed by atoms with Gasteiger partial charge in [-0.2, -0.15) is 5.10 Å². The Morgan fingerprint density at radius 1 is 1.53 bits per heavy atom. The summed E-state index contributed by atoms with van der Waals surface area (Å²) in [4.78, 5) is 27.1. The summed E-state index contributed by atoms with van der Waals surface area (Å²) >= 11 is 1.25. The molecule has 0 aliphatic carbocycles. The number of aryl methyl sites for hydroxylation is 1. The Bertz CT molecular complexity index is 605. The van der Waals surface area contributed by atoms with E-state index in [1.54, 1.807) is 18.1 Å². The fraction of sp³-hybridized carbons (Fsp3) is 0.273. The first kappa shape index (κ1) is 13.2. The van der Waals surface area contributed by atoms with Gasteiger partial charge in [0.25, 0.3) is 0 Å². The maximum atomic E-state index is 11.7. The van der Waals surface area contributed by atoms with E-state index >= 15 is 0 Å². The smallest absolute Gasteiger partial charge is 0.336 e. The van der Waals surface area contributed by atoms with Crippen LogP contribution in [0.15, 0.2) is 17.8 Å². The first-order valence-corrected chi connectivity index (χ1v) is 6.34. The molecule has 2 heterocycles. The van der Waals surface area contributed by atoms with Crippen LogP contribution in [0.4, 0.5) is 0 Å². The van der Waals surface area contributed by atoms with Crippen LogP contribution in [0.25, 0.3) is 0 Å². The lowest BCUT2D eigenvalue weighted by Crippen LogP contribution is -2.24. The Kier molecular flexibility index (Phi) is 3.91. The molecule has 2 aromatic rings. The first-order chi connectivity index (χ1) is 9.04. The van der Waals surface area contributed by atoms with Crippen LogP contribution in [0.1, 0.15) is 21.1 Å². The molecular formula is C11H12N4O3S. The van der Waals surface area contributed by atoms with Crippen molar-refractivity contribution >= 4 is 23.2 Å². The molecule has 7 nitrogen and oxygen atoms in total. The topological polar surface area (TPSA) is 97.1 Å². The van der Waals surface area contributed by atoms with Gasteiger partial charge >= 0.3 is 5.97 Å². The predicted molar refractivity (Wildman–Crippen MR) is 67.8 cm³/mol. The molecule has 0 atom stereocenters. The molecule has 0 aliphatic heterocycles. The van der Waals surface area contributed by atoms with Gasteiger partial charge in [-0.1, -0.05) is 0 Å². The monoisotopic (exact) mass is 280 g/mol. The van der Waals surface area contributed by atoms with Crippen molar-refractivity contribution in [2.45, 2.75) is 13.0 Å². The molecule has 0 bridgehead atoms. The van der Waals surface area contributed by atoms with Crippen molar-refractivity contribution in [3.8, 4) is 0 Å². The van der Waals surface area contributed by atoms with Gasteiger partial charge in [0.1, 0.15) is 6.33 Å². The van der Waals surface area contributed by atoms with Crippen molar-refractivity contribution < 1.29 is 14.7 Å². The SMILES string of the molecule is Cn1cnc(CNC(=O)Cc2cc(C(=O)O)cs2)n1. The molecule has 0 saturated heterocycles. The van der Waals surface area contributed by atoms with Gasteiger partial charge in [0.2, 0.25) is 5.91 Å². The van der Waals surface area contributed by atoms with E-state index in [2.05, 4.69) is 15.4 Å². The standard InChI is InChI=1S/C11H12N4O3S/c1-15-6-13-9(14-15)4-12-10(16)3-8-2-7(5-19-8)11(17)18/h2,5-6H,3-4H2,1H3,(H,12,16)(H,17,18). The van der Waals surface area contributed by atoms with Gasteiger partial charge in [-0.15, -0.1) is 11.3 Å². The number of hydrogen-bond acceptors (Lipinski definition) is 5. The van der Waals surface area contributed by atoms with Crippen LogP contribution >= 0.6 is 11.3 Å². The summed E-state index contributed by atoms with van der Waals surface area (Å²) in [5, 5.41) is 17.0. The zero-order valence-corrected chi connectivity index (χ0v) is 11.0. The molecule has 8 heteroatoms. The van der Waals surface area contributed by atoms with Gasteiger partial charge in [0.15, 0.2) is 5.82 Å². The number of nitrogens with one attached hydrogen (secondary N) is 1. The third kappa shape index (κ3) is 3.62. The lowest BCUT2D eigenvalue weighted by molar-refractivity contribution is -0.120. The molecule has 0 spiro atoms. The molecule has 0 fully saturated rings. The van der Waals surface area contributed by atoms with E-state index in [0.29, 0.717) is 10.7 Å². The number of hydrogen-bond donors (Lipinski definition) is 2. The second kappa shape index (κ2) is 5.61. The number of nitrogens with zero attached hydrogens (tertiary/aromatic N) is 3. The lowest BCUT2D eigenvalue weighted by atomic mass is 10.2. The third-order valence-electron chi connectivity index (χ3n) is 2.33. The Morgan fingerprint density at radius 2 is 2.32 bits per heavy atom. The largest absolute Gasteiger partial charge is 0.478 e. The number of carboxylic acids is 1. The summed E-state index contributed by atoms with van der Waals surface area (Å²) in [6.45, 7) is 0.261. The van der Waals surface area contributed by atoms with Crippen LogP contribution in [-0.4, -0.2) is 31.7 Å². The average Bonchev–Trinajstić information content (AvgIpc) is 2.96. The summed E-state index contributed by atoms with van der Waals surface area (Å²) in [5.74, 6) is -0.639. The highest BCUT2D eigenvalue weighted by Gasteiger charge is 2.10. The molecule has 0 radical (unpaired) electrons. The van der Waals surface area contributed by atoms with Crippen LogP contribution in [-0.2, 0) is 24.8 Å². The molecule has 0 aliphatic rings. The Balaban J connectivity index is 1.85. The third-order valence-corrected chi connectivity index (χ3v) is 3.26. The van der Waals surface area contributed by atoms with E-state index in [1.165, 1.54) is 22.8 Å². The van der Waals surface area contributed by atoms with Crippen molar-refractivity contribution in [3.63, 3.8) is 0 Å². The van der Waals surface area contributed by atoms with E-state index < -0.39 is 5.97 Å². The molecule has 0 unspecified atom stereocenters. The minimum absolute atomic E-state index is 0.158. The predicted octanol–water partition coefficient (Wildman–Crippen LogP) is 0.434. The number of carboxylic acid groups (broad SMARTS) is 1. The van der Waals surface area contributed by atoms with Gasteiger partial charge in [0, 0.05) is 17.3 Å².